The molecule has 0 aromatic heterocycles. The average molecular weight is 333 g/mol. The predicted molar refractivity (Wildman–Crippen MR) is 101 cm³/mol. The monoisotopic (exact) mass is 332 g/mol. The van der Waals surface area contributed by atoms with Crippen molar-refractivity contribution in [2.75, 3.05) is 6.61 Å². The van der Waals surface area contributed by atoms with Gasteiger partial charge in [-0.05, 0) is 24.1 Å². The van der Waals surface area contributed by atoms with Crippen LogP contribution in [0.1, 0.15) is 45.0 Å². The molecule has 0 aliphatic heterocycles. The summed E-state index contributed by atoms with van der Waals surface area (Å²) in [7, 11) is -1.70. The summed E-state index contributed by atoms with van der Waals surface area (Å²) in [4.78, 5) is 12.5. The fourth-order valence-corrected chi connectivity index (χ4v) is 2.96. The van der Waals surface area contributed by atoms with Crippen LogP contribution >= 0.6 is 0 Å². The molecular weight excluding hydrogens is 300 g/mol. The number of carbonyl (C=O) groups excluding carboxylic acids is 1. The van der Waals surface area contributed by atoms with Crippen LogP contribution in [0, 0.1) is 11.8 Å². The molecule has 0 aliphatic carbocycles. The Kier molecular flexibility index (Phi) is 6.96. The molecule has 128 valence electrons. The van der Waals surface area contributed by atoms with E-state index in [1.54, 1.807) is 0 Å². The SMILES string of the molecule is CC(/C=C/CO[Si](C)(C)C(C)(C)C)C(C)C(=O)c1ccccc1. The third kappa shape index (κ3) is 5.74. The van der Waals surface area contributed by atoms with Crippen molar-refractivity contribution in [1.29, 1.82) is 0 Å². The number of benzene rings is 1. The van der Waals surface area contributed by atoms with E-state index in [0.717, 1.165) is 5.56 Å². The maximum absolute atomic E-state index is 12.5. The van der Waals surface area contributed by atoms with Crippen molar-refractivity contribution in [2.24, 2.45) is 11.8 Å². The number of ketones is 1. The molecule has 0 fully saturated rings. The summed E-state index contributed by atoms with van der Waals surface area (Å²) < 4.78 is 6.14. The van der Waals surface area contributed by atoms with Gasteiger partial charge in [0, 0.05) is 11.5 Å². The third-order valence-electron chi connectivity index (χ3n) is 5.05. The summed E-state index contributed by atoms with van der Waals surface area (Å²) in [5.74, 6) is 0.375. The Morgan fingerprint density at radius 3 is 2.26 bits per heavy atom. The van der Waals surface area contributed by atoms with Gasteiger partial charge in [-0.15, -0.1) is 0 Å². The molecule has 23 heavy (non-hydrogen) atoms. The first-order valence-electron chi connectivity index (χ1n) is 8.46. The summed E-state index contributed by atoms with van der Waals surface area (Å²) in [5.41, 5.74) is 0.790. The number of carbonyl (C=O) groups is 1. The van der Waals surface area contributed by atoms with Gasteiger partial charge in [-0.25, -0.2) is 0 Å². The van der Waals surface area contributed by atoms with Crippen LogP contribution in [-0.2, 0) is 4.43 Å². The standard InChI is InChI=1S/C20H32O2Si/c1-16(12-11-15-22-23(6,7)20(3,4)5)17(2)19(21)18-13-9-8-10-14-18/h8-14,16-17H,15H2,1-7H3/b12-11+. The maximum Gasteiger partial charge on any atom is 0.192 e. The molecule has 2 nitrogen and oxygen atoms in total. The van der Waals surface area contributed by atoms with Crippen LogP contribution in [0.5, 0.6) is 0 Å². The van der Waals surface area contributed by atoms with E-state index in [4.69, 9.17) is 4.43 Å². The predicted octanol–water partition coefficient (Wildman–Crippen LogP) is 5.72. The summed E-state index contributed by atoms with van der Waals surface area (Å²) in [6.45, 7) is 16.0. The second-order valence-electron chi connectivity index (χ2n) is 7.88. The van der Waals surface area contributed by atoms with Gasteiger partial charge in [-0.1, -0.05) is 77.1 Å². The Morgan fingerprint density at radius 2 is 1.74 bits per heavy atom. The molecule has 0 radical (unpaired) electrons. The van der Waals surface area contributed by atoms with Crippen molar-refractivity contribution in [1.82, 2.24) is 0 Å². The van der Waals surface area contributed by atoms with E-state index in [1.807, 2.05) is 37.3 Å². The molecule has 0 heterocycles. The normalized spacial score (nSPS) is 15.6. The van der Waals surface area contributed by atoms with Crippen LogP contribution in [0.25, 0.3) is 0 Å². The molecule has 2 atom stereocenters. The van der Waals surface area contributed by atoms with Gasteiger partial charge >= 0.3 is 0 Å². The summed E-state index contributed by atoms with van der Waals surface area (Å²) in [5, 5.41) is 0.225. The summed E-state index contributed by atoms with van der Waals surface area (Å²) >= 11 is 0. The van der Waals surface area contributed by atoms with Gasteiger partial charge < -0.3 is 4.43 Å². The van der Waals surface area contributed by atoms with Crippen molar-refractivity contribution in [3.8, 4) is 0 Å². The second kappa shape index (κ2) is 8.07. The van der Waals surface area contributed by atoms with Gasteiger partial charge in [-0.3, -0.25) is 4.79 Å². The number of hydrogen-bond acceptors (Lipinski definition) is 2. The lowest BCUT2D eigenvalue weighted by Gasteiger charge is -2.35. The van der Waals surface area contributed by atoms with E-state index in [0.29, 0.717) is 6.61 Å². The zero-order valence-corrected chi connectivity index (χ0v) is 16.7. The highest BCUT2D eigenvalue weighted by molar-refractivity contribution is 6.74. The minimum absolute atomic E-state index is 0.0264. The third-order valence-corrected chi connectivity index (χ3v) is 9.55. The lowest BCUT2D eigenvalue weighted by Crippen LogP contribution is -2.40. The molecule has 0 amide bonds. The minimum Gasteiger partial charge on any atom is -0.413 e. The number of hydrogen-bond donors (Lipinski definition) is 0. The first-order chi connectivity index (χ1) is 10.6. The fourth-order valence-electron chi connectivity index (χ4n) is 2.01. The van der Waals surface area contributed by atoms with Crippen molar-refractivity contribution >= 4 is 14.1 Å². The minimum atomic E-state index is -1.70. The summed E-state index contributed by atoms with van der Waals surface area (Å²) in [6.07, 6.45) is 4.18. The molecule has 0 saturated heterocycles. The zero-order chi connectivity index (χ0) is 17.7. The molecule has 1 aromatic carbocycles. The van der Waals surface area contributed by atoms with Crippen LogP contribution in [-0.4, -0.2) is 20.7 Å². The molecule has 1 aromatic rings. The van der Waals surface area contributed by atoms with Crippen molar-refractivity contribution in [3.63, 3.8) is 0 Å². The topological polar surface area (TPSA) is 26.3 Å². The van der Waals surface area contributed by atoms with Crippen LogP contribution in [0.15, 0.2) is 42.5 Å². The molecule has 0 spiro atoms. The smallest absolute Gasteiger partial charge is 0.192 e. The molecule has 3 heteroatoms. The Labute approximate surface area is 143 Å². The Morgan fingerprint density at radius 1 is 1.17 bits per heavy atom. The highest BCUT2D eigenvalue weighted by Gasteiger charge is 2.36. The number of Topliss-reactive ketones (excluding diaryl/α,β-unsaturated/α-hetero) is 1. The Balaban J connectivity index is 2.55. The van der Waals surface area contributed by atoms with E-state index in [2.05, 4.69) is 52.9 Å². The van der Waals surface area contributed by atoms with E-state index >= 15 is 0 Å². The van der Waals surface area contributed by atoms with Crippen LogP contribution in [0.4, 0.5) is 0 Å². The Bertz CT molecular complexity index is 526. The molecule has 0 saturated carbocycles. The number of rotatable bonds is 7. The van der Waals surface area contributed by atoms with Crippen molar-refractivity contribution in [3.05, 3.63) is 48.0 Å². The van der Waals surface area contributed by atoms with Crippen molar-refractivity contribution < 1.29 is 9.22 Å². The van der Waals surface area contributed by atoms with Gasteiger partial charge in [0.25, 0.3) is 0 Å². The van der Waals surface area contributed by atoms with Crippen LogP contribution in [0.2, 0.25) is 18.1 Å². The lowest BCUT2D eigenvalue weighted by molar-refractivity contribution is 0.0907. The molecule has 0 aliphatic rings. The Hall–Kier alpha value is -1.19. The highest BCUT2D eigenvalue weighted by atomic mass is 28.4. The van der Waals surface area contributed by atoms with Crippen molar-refractivity contribution in [2.45, 2.75) is 52.8 Å². The van der Waals surface area contributed by atoms with Crippen LogP contribution < -0.4 is 0 Å². The zero-order valence-electron chi connectivity index (χ0n) is 15.7. The van der Waals surface area contributed by atoms with Gasteiger partial charge in [0.05, 0.1) is 6.61 Å². The lowest BCUT2D eigenvalue weighted by atomic mass is 9.88. The van der Waals surface area contributed by atoms with E-state index < -0.39 is 8.32 Å². The molecule has 0 bridgehead atoms. The number of allylic oxidation sites excluding steroid dienone is 1. The van der Waals surface area contributed by atoms with Crippen LogP contribution in [0.3, 0.4) is 0 Å². The molecule has 1 rings (SSSR count). The van der Waals surface area contributed by atoms with Gasteiger partial charge in [0.15, 0.2) is 14.1 Å². The van der Waals surface area contributed by atoms with E-state index in [1.165, 1.54) is 0 Å². The first-order valence-corrected chi connectivity index (χ1v) is 11.4. The fraction of sp³-hybridized carbons (Fsp3) is 0.550. The second-order valence-corrected chi connectivity index (χ2v) is 12.7. The quantitative estimate of drug-likeness (QED) is 0.362. The maximum atomic E-state index is 12.5. The largest absolute Gasteiger partial charge is 0.413 e. The van der Waals surface area contributed by atoms with E-state index in [9.17, 15) is 4.79 Å². The van der Waals surface area contributed by atoms with Gasteiger partial charge in [0.1, 0.15) is 0 Å². The first kappa shape index (κ1) is 19.9. The highest BCUT2D eigenvalue weighted by Crippen LogP contribution is 2.36. The van der Waals surface area contributed by atoms with E-state index in [-0.39, 0.29) is 22.7 Å². The molecule has 2 unspecified atom stereocenters. The average Bonchev–Trinajstić information content (AvgIpc) is 2.49. The molecule has 0 N–H and O–H groups in total. The van der Waals surface area contributed by atoms with Gasteiger partial charge in [0.2, 0.25) is 0 Å². The summed E-state index contributed by atoms with van der Waals surface area (Å²) in [6, 6.07) is 9.52. The van der Waals surface area contributed by atoms with Gasteiger partial charge in [-0.2, -0.15) is 0 Å². The molecular formula is C20H32O2Si.